The van der Waals surface area contributed by atoms with Gasteiger partial charge in [-0.25, -0.2) is 0 Å². The van der Waals surface area contributed by atoms with Gasteiger partial charge in [-0.2, -0.15) is 15.0 Å². The Morgan fingerprint density at radius 2 is 2.06 bits per heavy atom. The molecule has 2 unspecified atom stereocenters. The van der Waals surface area contributed by atoms with Crippen LogP contribution in [-0.4, -0.2) is 34.6 Å². The van der Waals surface area contributed by atoms with Crippen LogP contribution in [0.2, 0.25) is 0 Å². The van der Waals surface area contributed by atoms with Gasteiger partial charge in [-0.1, -0.05) is 6.92 Å². The smallest absolute Gasteiger partial charge is 0.323 e. The first-order valence-corrected chi connectivity index (χ1v) is 6.35. The minimum atomic E-state index is 0.0217. The van der Waals surface area contributed by atoms with Gasteiger partial charge in [-0.3, -0.25) is 0 Å². The molecule has 2 atom stereocenters. The number of nitrogens with two attached hydrogens (primary N) is 1. The average Bonchev–Trinajstić information content (AvgIpc) is 2.92. The average molecular weight is 251 g/mol. The normalized spacial score (nSPS) is 22.1. The van der Waals surface area contributed by atoms with Gasteiger partial charge in [0.05, 0.1) is 6.10 Å². The van der Waals surface area contributed by atoms with Crippen LogP contribution in [0.5, 0.6) is 6.01 Å². The number of ether oxygens (including phenoxy) is 1. The highest BCUT2D eigenvalue weighted by Gasteiger charge is 2.33. The summed E-state index contributed by atoms with van der Waals surface area (Å²) in [4.78, 5) is 14.4. The highest BCUT2D eigenvalue weighted by molar-refractivity contribution is 5.35. The van der Waals surface area contributed by atoms with Crippen molar-refractivity contribution in [3.8, 4) is 6.01 Å². The van der Waals surface area contributed by atoms with Crippen LogP contribution in [0.1, 0.15) is 27.2 Å². The molecule has 6 nitrogen and oxygen atoms in total. The second-order valence-electron chi connectivity index (χ2n) is 5.30. The van der Waals surface area contributed by atoms with Crippen LogP contribution in [0.15, 0.2) is 0 Å². The van der Waals surface area contributed by atoms with Crippen molar-refractivity contribution >= 4 is 11.9 Å². The molecule has 2 N–H and O–H groups in total. The predicted octanol–water partition coefficient (Wildman–Crippen LogP) is 1.33. The third-order valence-electron chi connectivity index (χ3n) is 3.09. The summed E-state index contributed by atoms with van der Waals surface area (Å²) in [5.41, 5.74) is 5.68. The molecule has 1 heterocycles. The topological polar surface area (TPSA) is 77.2 Å². The summed E-state index contributed by atoms with van der Waals surface area (Å²) in [6.07, 6.45) is 1.30. The maximum Gasteiger partial charge on any atom is 0.323 e. The van der Waals surface area contributed by atoms with E-state index in [1.54, 1.807) is 0 Å². The number of nitrogens with zero attached hydrogens (tertiary/aromatic N) is 4. The van der Waals surface area contributed by atoms with Gasteiger partial charge >= 0.3 is 6.01 Å². The number of nitrogen functional groups attached to an aromatic ring is 1. The lowest BCUT2D eigenvalue weighted by Crippen LogP contribution is -2.24. The predicted molar refractivity (Wildman–Crippen MR) is 70.5 cm³/mol. The summed E-state index contributed by atoms with van der Waals surface area (Å²) in [5.74, 6) is 2.32. The monoisotopic (exact) mass is 251 g/mol. The second-order valence-corrected chi connectivity index (χ2v) is 5.30. The Bertz CT molecular complexity index is 423. The zero-order chi connectivity index (χ0) is 13.3. The SMILES string of the molecule is CC(C)Oc1nc(N)nc(N(C)CC2CC2C)n1. The lowest BCUT2D eigenvalue weighted by molar-refractivity contribution is 0.222. The molecule has 1 fully saturated rings. The molecule has 0 bridgehead atoms. The maximum atomic E-state index is 5.68. The van der Waals surface area contributed by atoms with E-state index in [1.165, 1.54) is 6.42 Å². The van der Waals surface area contributed by atoms with E-state index in [9.17, 15) is 0 Å². The first-order valence-electron chi connectivity index (χ1n) is 6.35. The van der Waals surface area contributed by atoms with Gasteiger partial charge in [-0.05, 0) is 32.1 Å². The molecule has 1 aliphatic carbocycles. The lowest BCUT2D eigenvalue weighted by Gasteiger charge is -2.18. The van der Waals surface area contributed by atoms with E-state index in [-0.39, 0.29) is 12.1 Å². The van der Waals surface area contributed by atoms with Gasteiger partial charge in [0.1, 0.15) is 0 Å². The van der Waals surface area contributed by atoms with Crippen LogP contribution in [0.25, 0.3) is 0 Å². The molecule has 2 rings (SSSR count). The standard InChI is InChI=1S/C12H21N5O/c1-7(2)18-12-15-10(13)14-11(16-12)17(4)6-9-5-8(9)3/h7-9H,5-6H2,1-4H3,(H2,13,14,15,16). The van der Waals surface area contributed by atoms with E-state index in [2.05, 4.69) is 21.9 Å². The number of anilines is 2. The van der Waals surface area contributed by atoms with Gasteiger partial charge in [0.25, 0.3) is 0 Å². The molecule has 0 saturated heterocycles. The van der Waals surface area contributed by atoms with Crippen molar-refractivity contribution in [1.82, 2.24) is 15.0 Å². The third kappa shape index (κ3) is 3.21. The van der Waals surface area contributed by atoms with Crippen LogP contribution < -0.4 is 15.4 Å². The summed E-state index contributed by atoms with van der Waals surface area (Å²) in [6.45, 7) is 7.06. The summed E-state index contributed by atoms with van der Waals surface area (Å²) in [5, 5.41) is 0. The molecule has 0 aliphatic heterocycles. The van der Waals surface area contributed by atoms with Crippen LogP contribution in [0, 0.1) is 11.8 Å². The number of aromatic nitrogens is 3. The summed E-state index contributed by atoms with van der Waals surface area (Å²) < 4.78 is 5.46. The molecule has 100 valence electrons. The molecule has 1 aliphatic rings. The Morgan fingerprint density at radius 3 is 2.61 bits per heavy atom. The van der Waals surface area contributed by atoms with Crippen LogP contribution in [-0.2, 0) is 0 Å². The Balaban J connectivity index is 2.08. The van der Waals surface area contributed by atoms with Gasteiger partial charge in [-0.15, -0.1) is 0 Å². The Kier molecular flexibility index (Phi) is 3.54. The van der Waals surface area contributed by atoms with Gasteiger partial charge in [0.2, 0.25) is 11.9 Å². The minimum absolute atomic E-state index is 0.0217. The van der Waals surface area contributed by atoms with Crippen molar-refractivity contribution < 1.29 is 4.74 Å². The number of rotatable bonds is 5. The fourth-order valence-electron chi connectivity index (χ4n) is 1.88. The first kappa shape index (κ1) is 12.9. The lowest BCUT2D eigenvalue weighted by atomic mass is 10.3. The third-order valence-corrected chi connectivity index (χ3v) is 3.09. The molecule has 1 saturated carbocycles. The van der Waals surface area contributed by atoms with Crippen molar-refractivity contribution in [1.29, 1.82) is 0 Å². The fourth-order valence-corrected chi connectivity index (χ4v) is 1.88. The second kappa shape index (κ2) is 4.96. The largest absolute Gasteiger partial charge is 0.461 e. The van der Waals surface area contributed by atoms with Gasteiger partial charge in [0, 0.05) is 13.6 Å². The van der Waals surface area contributed by atoms with Crippen LogP contribution >= 0.6 is 0 Å². The molecule has 1 aromatic rings. The van der Waals surface area contributed by atoms with Crippen LogP contribution in [0.4, 0.5) is 11.9 Å². The van der Waals surface area contributed by atoms with Crippen molar-refractivity contribution in [2.45, 2.75) is 33.3 Å². The molecule has 0 amide bonds. The Labute approximate surface area is 108 Å². The van der Waals surface area contributed by atoms with Crippen molar-refractivity contribution in [3.05, 3.63) is 0 Å². The van der Waals surface area contributed by atoms with Gasteiger partial charge in [0.15, 0.2) is 0 Å². The van der Waals surface area contributed by atoms with Crippen molar-refractivity contribution in [2.75, 3.05) is 24.2 Å². The van der Waals surface area contributed by atoms with Crippen LogP contribution in [0.3, 0.4) is 0 Å². The van der Waals surface area contributed by atoms with E-state index in [0.717, 1.165) is 18.4 Å². The van der Waals surface area contributed by atoms with Gasteiger partial charge < -0.3 is 15.4 Å². The quantitative estimate of drug-likeness (QED) is 0.850. The molecular formula is C12H21N5O. The number of hydrogen-bond acceptors (Lipinski definition) is 6. The molecule has 18 heavy (non-hydrogen) atoms. The Hall–Kier alpha value is -1.59. The highest BCUT2D eigenvalue weighted by atomic mass is 16.5. The summed E-state index contributed by atoms with van der Waals surface area (Å²) in [6, 6.07) is 0.295. The summed E-state index contributed by atoms with van der Waals surface area (Å²) in [7, 11) is 1.97. The zero-order valence-corrected chi connectivity index (χ0v) is 11.4. The maximum absolute atomic E-state index is 5.68. The zero-order valence-electron chi connectivity index (χ0n) is 11.4. The van der Waals surface area contributed by atoms with E-state index in [0.29, 0.717) is 12.0 Å². The molecule has 6 heteroatoms. The summed E-state index contributed by atoms with van der Waals surface area (Å²) >= 11 is 0. The van der Waals surface area contributed by atoms with E-state index < -0.39 is 0 Å². The molecule has 0 radical (unpaired) electrons. The van der Waals surface area contributed by atoms with Crippen molar-refractivity contribution in [2.24, 2.45) is 11.8 Å². The molecule has 1 aromatic heterocycles. The van der Waals surface area contributed by atoms with Crippen molar-refractivity contribution in [3.63, 3.8) is 0 Å². The molecule has 0 aromatic carbocycles. The van der Waals surface area contributed by atoms with E-state index in [1.807, 2.05) is 25.8 Å². The van der Waals surface area contributed by atoms with E-state index in [4.69, 9.17) is 10.5 Å². The molecular weight excluding hydrogens is 230 g/mol. The molecule has 0 spiro atoms. The first-order chi connectivity index (χ1) is 8.45. The van der Waals surface area contributed by atoms with E-state index >= 15 is 0 Å². The Morgan fingerprint density at radius 1 is 1.39 bits per heavy atom. The fraction of sp³-hybridized carbons (Fsp3) is 0.750. The minimum Gasteiger partial charge on any atom is -0.461 e. The number of hydrogen-bond donors (Lipinski definition) is 1. The highest BCUT2D eigenvalue weighted by Crippen LogP contribution is 2.38.